The van der Waals surface area contributed by atoms with Crippen LogP contribution in [0, 0.1) is 0 Å². The fourth-order valence-electron chi connectivity index (χ4n) is 1.04. The molecular formula is C10H13NOS. The van der Waals surface area contributed by atoms with Crippen LogP contribution in [0.4, 0.5) is 0 Å². The van der Waals surface area contributed by atoms with Gasteiger partial charge >= 0.3 is 0 Å². The van der Waals surface area contributed by atoms with Gasteiger partial charge in [0.2, 0.25) is 0 Å². The Morgan fingerprint density at radius 1 is 1.69 bits per heavy atom. The summed E-state index contributed by atoms with van der Waals surface area (Å²) in [5, 5.41) is 1.94. The maximum absolute atomic E-state index is 11.6. The minimum absolute atomic E-state index is 0.0758. The summed E-state index contributed by atoms with van der Waals surface area (Å²) in [6.07, 6.45) is 2.58. The van der Waals surface area contributed by atoms with E-state index in [4.69, 9.17) is 0 Å². The van der Waals surface area contributed by atoms with Gasteiger partial charge in [-0.1, -0.05) is 6.08 Å². The van der Waals surface area contributed by atoms with Crippen molar-refractivity contribution < 1.29 is 4.79 Å². The number of carbonyl (C=O) groups is 1. The van der Waals surface area contributed by atoms with Gasteiger partial charge in [0.25, 0.3) is 5.91 Å². The molecule has 0 bridgehead atoms. The average Bonchev–Trinajstić information content (AvgIpc) is 2.52. The third-order valence-corrected chi connectivity index (χ3v) is 2.66. The molecule has 0 radical (unpaired) electrons. The summed E-state index contributed by atoms with van der Waals surface area (Å²) in [5.74, 6) is 0.0758. The van der Waals surface area contributed by atoms with Crippen LogP contribution in [0.1, 0.15) is 15.2 Å². The number of rotatable bonds is 3. The monoisotopic (exact) mass is 195 g/mol. The Hall–Kier alpha value is -1.09. The molecule has 0 aliphatic rings. The van der Waals surface area contributed by atoms with Gasteiger partial charge in [0.05, 0.1) is 4.88 Å². The number of allylic oxidation sites excluding steroid dienone is 1. The third-order valence-electron chi connectivity index (χ3n) is 1.71. The summed E-state index contributed by atoms with van der Waals surface area (Å²) in [7, 11) is 3.53. The summed E-state index contributed by atoms with van der Waals surface area (Å²) in [4.78, 5) is 14.0. The zero-order chi connectivity index (χ0) is 9.84. The fourth-order valence-corrected chi connectivity index (χ4v) is 2.00. The Morgan fingerprint density at radius 2 is 2.38 bits per heavy atom. The number of carbonyl (C=O) groups excluding carboxylic acids is 1. The van der Waals surface area contributed by atoms with E-state index in [0.29, 0.717) is 0 Å². The summed E-state index contributed by atoms with van der Waals surface area (Å²) >= 11 is 1.49. The van der Waals surface area contributed by atoms with E-state index in [2.05, 4.69) is 6.58 Å². The molecule has 1 aromatic rings. The molecule has 13 heavy (non-hydrogen) atoms. The van der Waals surface area contributed by atoms with Crippen LogP contribution in [0.2, 0.25) is 0 Å². The van der Waals surface area contributed by atoms with Crippen molar-refractivity contribution in [2.45, 2.75) is 6.42 Å². The lowest BCUT2D eigenvalue weighted by molar-refractivity contribution is 0.0831. The number of hydrogen-bond acceptors (Lipinski definition) is 2. The highest BCUT2D eigenvalue weighted by Crippen LogP contribution is 2.18. The van der Waals surface area contributed by atoms with Crippen LogP contribution >= 0.6 is 11.3 Å². The van der Waals surface area contributed by atoms with Crippen molar-refractivity contribution in [3.8, 4) is 0 Å². The molecule has 2 nitrogen and oxygen atoms in total. The van der Waals surface area contributed by atoms with Gasteiger partial charge in [0.1, 0.15) is 0 Å². The highest BCUT2D eigenvalue weighted by molar-refractivity contribution is 7.12. The van der Waals surface area contributed by atoms with E-state index in [1.54, 1.807) is 19.0 Å². The topological polar surface area (TPSA) is 20.3 Å². The molecule has 1 heterocycles. The smallest absolute Gasteiger partial charge is 0.263 e. The van der Waals surface area contributed by atoms with E-state index in [-0.39, 0.29) is 5.91 Å². The van der Waals surface area contributed by atoms with E-state index in [1.807, 2.05) is 17.5 Å². The second-order valence-electron chi connectivity index (χ2n) is 2.97. The maximum Gasteiger partial charge on any atom is 0.263 e. The van der Waals surface area contributed by atoms with Crippen molar-refractivity contribution in [2.24, 2.45) is 0 Å². The van der Waals surface area contributed by atoms with Crippen LogP contribution in [-0.2, 0) is 6.42 Å². The molecule has 0 saturated carbocycles. The van der Waals surface area contributed by atoms with Gasteiger partial charge in [0.15, 0.2) is 0 Å². The zero-order valence-electron chi connectivity index (χ0n) is 7.91. The van der Waals surface area contributed by atoms with E-state index in [9.17, 15) is 4.79 Å². The molecule has 1 aromatic heterocycles. The van der Waals surface area contributed by atoms with Gasteiger partial charge in [-0.15, -0.1) is 17.9 Å². The number of amides is 1. The quantitative estimate of drug-likeness (QED) is 0.677. The number of hydrogen-bond donors (Lipinski definition) is 0. The van der Waals surface area contributed by atoms with Gasteiger partial charge in [0, 0.05) is 14.1 Å². The highest BCUT2D eigenvalue weighted by Gasteiger charge is 2.13. The van der Waals surface area contributed by atoms with Crippen LogP contribution in [0.25, 0.3) is 0 Å². The maximum atomic E-state index is 11.6. The first-order valence-electron chi connectivity index (χ1n) is 4.05. The number of thiophene rings is 1. The first-order chi connectivity index (χ1) is 6.16. The minimum atomic E-state index is 0.0758. The lowest BCUT2D eigenvalue weighted by Crippen LogP contribution is -2.21. The van der Waals surface area contributed by atoms with Crippen molar-refractivity contribution in [3.63, 3.8) is 0 Å². The third kappa shape index (κ3) is 2.18. The first-order valence-corrected chi connectivity index (χ1v) is 4.93. The van der Waals surface area contributed by atoms with Crippen molar-refractivity contribution in [2.75, 3.05) is 14.1 Å². The molecule has 1 rings (SSSR count). The molecule has 1 amide bonds. The Balaban J connectivity index is 2.93. The lowest BCUT2D eigenvalue weighted by atomic mass is 10.2. The standard InChI is InChI=1S/C10H13NOS/c1-4-5-8-6-7-13-9(8)10(12)11(2)3/h4,6-7H,1,5H2,2-3H3. The second-order valence-corrected chi connectivity index (χ2v) is 3.88. The summed E-state index contributed by atoms with van der Waals surface area (Å²) in [5.41, 5.74) is 1.07. The molecule has 0 unspecified atom stereocenters. The summed E-state index contributed by atoms with van der Waals surface area (Å²) in [6.45, 7) is 3.66. The minimum Gasteiger partial charge on any atom is -0.344 e. The normalized spacial score (nSPS) is 9.69. The van der Waals surface area contributed by atoms with Crippen molar-refractivity contribution in [3.05, 3.63) is 34.5 Å². The molecule has 0 atom stereocenters. The molecule has 0 N–H and O–H groups in total. The molecule has 0 aliphatic carbocycles. The Kier molecular flexibility index (Phi) is 3.25. The molecular weight excluding hydrogens is 182 g/mol. The lowest BCUT2D eigenvalue weighted by Gasteiger charge is -2.09. The molecule has 0 aromatic carbocycles. The van der Waals surface area contributed by atoms with Crippen LogP contribution in [0.5, 0.6) is 0 Å². The van der Waals surface area contributed by atoms with Gasteiger partial charge in [-0.25, -0.2) is 0 Å². The van der Waals surface area contributed by atoms with Gasteiger partial charge in [-0.2, -0.15) is 0 Å². The average molecular weight is 195 g/mol. The highest BCUT2D eigenvalue weighted by atomic mass is 32.1. The predicted molar refractivity (Wildman–Crippen MR) is 56.2 cm³/mol. The van der Waals surface area contributed by atoms with E-state index < -0.39 is 0 Å². The van der Waals surface area contributed by atoms with Crippen LogP contribution in [0.15, 0.2) is 24.1 Å². The molecule has 0 aliphatic heterocycles. The molecule has 0 saturated heterocycles. The molecule has 0 spiro atoms. The molecule has 70 valence electrons. The van der Waals surface area contributed by atoms with Crippen LogP contribution in [0.3, 0.4) is 0 Å². The summed E-state index contributed by atoms with van der Waals surface area (Å²) < 4.78 is 0. The largest absolute Gasteiger partial charge is 0.344 e. The van der Waals surface area contributed by atoms with E-state index in [1.165, 1.54) is 11.3 Å². The molecule has 0 fully saturated rings. The van der Waals surface area contributed by atoms with Crippen LogP contribution < -0.4 is 0 Å². The van der Waals surface area contributed by atoms with Gasteiger partial charge in [-0.3, -0.25) is 4.79 Å². The first kappa shape index (κ1) is 9.99. The summed E-state index contributed by atoms with van der Waals surface area (Å²) in [6, 6.07) is 1.98. The fraction of sp³-hybridized carbons (Fsp3) is 0.300. The predicted octanol–water partition coefficient (Wildman–Crippen LogP) is 2.18. The number of nitrogens with zero attached hydrogens (tertiary/aromatic N) is 1. The van der Waals surface area contributed by atoms with Crippen molar-refractivity contribution >= 4 is 17.2 Å². The molecule has 3 heteroatoms. The van der Waals surface area contributed by atoms with E-state index in [0.717, 1.165) is 16.9 Å². The van der Waals surface area contributed by atoms with E-state index >= 15 is 0 Å². The Labute approximate surface area is 82.5 Å². The van der Waals surface area contributed by atoms with Crippen molar-refractivity contribution in [1.82, 2.24) is 4.90 Å². The van der Waals surface area contributed by atoms with Crippen molar-refractivity contribution in [1.29, 1.82) is 0 Å². The zero-order valence-corrected chi connectivity index (χ0v) is 8.73. The van der Waals surface area contributed by atoms with Crippen LogP contribution in [-0.4, -0.2) is 24.9 Å². The Morgan fingerprint density at radius 3 is 2.92 bits per heavy atom. The second kappa shape index (κ2) is 4.23. The van der Waals surface area contributed by atoms with Gasteiger partial charge in [-0.05, 0) is 23.4 Å². The Bertz CT molecular complexity index is 314. The van der Waals surface area contributed by atoms with Gasteiger partial charge < -0.3 is 4.90 Å². The SMILES string of the molecule is C=CCc1ccsc1C(=O)N(C)C.